The second-order valence-corrected chi connectivity index (χ2v) is 12.6. The predicted octanol–water partition coefficient (Wildman–Crippen LogP) is 10.7. The van der Waals surface area contributed by atoms with Gasteiger partial charge in [0, 0.05) is 43.9 Å². The van der Waals surface area contributed by atoms with E-state index in [-0.39, 0.29) is 0 Å². The number of benzene rings is 7. The molecule has 238 valence electrons. The Morgan fingerprint density at radius 2 is 0.923 bits per heavy atom. The highest BCUT2D eigenvalue weighted by Crippen LogP contribution is 2.44. The second-order valence-electron chi connectivity index (χ2n) is 12.6. The summed E-state index contributed by atoms with van der Waals surface area (Å²) in [7, 11) is 0. The lowest BCUT2D eigenvalue weighted by Gasteiger charge is -2.20. The quantitative estimate of drug-likeness (QED) is 0.187. The van der Waals surface area contributed by atoms with Gasteiger partial charge < -0.3 is 9.13 Å². The van der Waals surface area contributed by atoms with Gasteiger partial charge in [0.1, 0.15) is 0 Å². The summed E-state index contributed by atoms with van der Waals surface area (Å²) < 4.78 is 4.30. The molecule has 0 amide bonds. The van der Waals surface area contributed by atoms with Crippen molar-refractivity contribution in [3.63, 3.8) is 0 Å². The minimum atomic E-state index is 0.382. The third-order valence-electron chi connectivity index (χ3n) is 9.89. The zero-order valence-corrected chi connectivity index (χ0v) is 27.5. The van der Waals surface area contributed by atoms with Gasteiger partial charge in [0.05, 0.1) is 74.3 Å². The molecule has 0 aliphatic rings. The van der Waals surface area contributed by atoms with Gasteiger partial charge in [-0.15, -0.1) is 0 Å². The van der Waals surface area contributed by atoms with Gasteiger partial charge in [0.2, 0.25) is 0 Å². The van der Waals surface area contributed by atoms with Crippen LogP contribution in [0.3, 0.4) is 0 Å². The molecule has 9 rings (SSSR count). The summed E-state index contributed by atoms with van der Waals surface area (Å²) in [5.41, 5.74) is 9.69. The molecular weight excluding hydrogens is 637 g/mol. The van der Waals surface area contributed by atoms with Crippen molar-refractivity contribution in [3.8, 4) is 57.9 Å². The summed E-state index contributed by atoms with van der Waals surface area (Å²) in [5, 5.41) is 45.6. The zero-order chi connectivity index (χ0) is 35.3. The fourth-order valence-electron chi connectivity index (χ4n) is 7.73. The van der Waals surface area contributed by atoms with Crippen molar-refractivity contribution in [2.75, 3.05) is 0 Å². The maximum absolute atomic E-state index is 10.6. The number of fused-ring (bicyclic) bond motifs is 6. The van der Waals surface area contributed by atoms with Gasteiger partial charge in [0.25, 0.3) is 0 Å². The first kappa shape index (κ1) is 30.2. The number of rotatable bonds is 4. The third kappa shape index (κ3) is 4.40. The number of hydrogen-bond acceptors (Lipinski definition) is 4. The molecule has 0 unspecified atom stereocenters. The Balaban J connectivity index is 1.37. The number of hydrogen-bond donors (Lipinski definition) is 0. The first-order chi connectivity index (χ1) is 25.6. The fourth-order valence-corrected chi connectivity index (χ4v) is 7.73. The molecule has 7 aromatic carbocycles. The number of nitrogens with zero attached hydrogens (tertiary/aromatic N) is 6. The topological polar surface area (TPSA) is 105 Å². The van der Waals surface area contributed by atoms with E-state index in [2.05, 4.69) is 57.7 Å². The van der Waals surface area contributed by atoms with Gasteiger partial charge in [-0.1, -0.05) is 72.8 Å². The van der Waals surface area contributed by atoms with Crippen LogP contribution in [-0.4, -0.2) is 9.13 Å². The van der Waals surface area contributed by atoms with Gasteiger partial charge in [-0.3, -0.25) is 0 Å². The van der Waals surface area contributed by atoms with Crippen LogP contribution in [-0.2, 0) is 0 Å². The average Bonchev–Trinajstić information content (AvgIpc) is 3.72. The molecule has 0 saturated heterocycles. The van der Waals surface area contributed by atoms with Gasteiger partial charge in [0.15, 0.2) is 0 Å². The number of aromatic nitrogens is 2. The fraction of sp³-hybridized carbons (Fsp3) is 0. The van der Waals surface area contributed by atoms with E-state index >= 15 is 0 Å². The van der Waals surface area contributed by atoms with Crippen LogP contribution in [0.1, 0.15) is 22.3 Å². The van der Waals surface area contributed by atoms with E-state index < -0.39 is 0 Å². The maximum Gasteiger partial charge on any atom is 0.0998 e. The Labute approximate surface area is 298 Å². The molecule has 9 aromatic rings. The van der Waals surface area contributed by atoms with E-state index in [0.29, 0.717) is 44.5 Å². The molecule has 0 aliphatic heterocycles. The highest BCUT2D eigenvalue weighted by Gasteiger charge is 2.24. The molecule has 0 N–H and O–H groups in total. The van der Waals surface area contributed by atoms with Crippen LogP contribution in [0, 0.1) is 45.3 Å². The summed E-state index contributed by atoms with van der Waals surface area (Å²) in [4.78, 5) is 0. The predicted molar refractivity (Wildman–Crippen MR) is 205 cm³/mol. The summed E-state index contributed by atoms with van der Waals surface area (Å²) in [6, 6.07) is 56.4. The number of para-hydroxylation sites is 3. The number of nitriles is 4. The molecule has 2 aromatic heterocycles. The van der Waals surface area contributed by atoms with Crippen LogP contribution < -0.4 is 0 Å². The van der Waals surface area contributed by atoms with Gasteiger partial charge in [-0.2, -0.15) is 21.0 Å². The van der Waals surface area contributed by atoms with E-state index in [1.165, 1.54) is 0 Å². The Morgan fingerprint density at radius 1 is 0.365 bits per heavy atom. The van der Waals surface area contributed by atoms with E-state index in [1.54, 1.807) is 24.3 Å². The maximum atomic E-state index is 10.6. The summed E-state index contributed by atoms with van der Waals surface area (Å²) in [6.45, 7) is 0. The van der Waals surface area contributed by atoms with E-state index in [0.717, 1.165) is 55.0 Å². The van der Waals surface area contributed by atoms with E-state index in [9.17, 15) is 21.0 Å². The van der Waals surface area contributed by atoms with E-state index in [4.69, 9.17) is 0 Å². The average molecular weight is 661 g/mol. The van der Waals surface area contributed by atoms with Crippen LogP contribution in [0.5, 0.6) is 0 Å². The van der Waals surface area contributed by atoms with Crippen molar-refractivity contribution >= 4 is 43.6 Å². The molecule has 6 nitrogen and oxygen atoms in total. The Hall–Kier alpha value is -7.90. The van der Waals surface area contributed by atoms with Crippen LogP contribution in [0.15, 0.2) is 146 Å². The van der Waals surface area contributed by atoms with Crippen molar-refractivity contribution < 1.29 is 0 Å². The Kier molecular flexibility index (Phi) is 6.91. The van der Waals surface area contributed by atoms with Crippen molar-refractivity contribution in [1.29, 1.82) is 21.0 Å². The molecule has 0 bridgehead atoms. The lowest BCUT2D eigenvalue weighted by Crippen LogP contribution is -2.02. The summed E-state index contributed by atoms with van der Waals surface area (Å²) in [6.07, 6.45) is 0. The smallest absolute Gasteiger partial charge is 0.0998 e. The summed E-state index contributed by atoms with van der Waals surface area (Å²) >= 11 is 0. The monoisotopic (exact) mass is 660 g/mol. The van der Waals surface area contributed by atoms with Gasteiger partial charge in [-0.05, 0) is 78.4 Å². The highest BCUT2D eigenvalue weighted by atomic mass is 15.0. The molecule has 0 atom stereocenters. The molecule has 0 spiro atoms. The van der Waals surface area contributed by atoms with Crippen LogP contribution in [0.2, 0.25) is 0 Å². The van der Waals surface area contributed by atoms with Gasteiger partial charge >= 0.3 is 0 Å². The largest absolute Gasteiger partial charge is 0.309 e. The van der Waals surface area contributed by atoms with Crippen molar-refractivity contribution in [3.05, 3.63) is 168 Å². The SMILES string of the molecule is N#Cc1ccc2c(c1)c1ccccc1n2-c1ccc(C#N)c(-c2c(C#N)cccc2-c2c(C#N)cccc2-n2c3ccccc3c3ccccc32)c1. The normalized spacial score (nSPS) is 11.0. The van der Waals surface area contributed by atoms with E-state index in [1.807, 2.05) is 97.1 Å². The highest BCUT2D eigenvalue weighted by molar-refractivity contribution is 6.11. The summed E-state index contributed by atoms with van der Waals surface area (Å²) in [5.74, 6) is 0. The minimum Gasteiger partial charge on any atom is -0.309 e. The van der Waals surface area contributed by atoms with Gasteiger partial charge in [-0.25, -0.2) is 0 Å². The van der Waals surface area contributed by atoms with Crippen LogP contribution >= 0.6 is 0 Å². The second kappa shape index (κ2) is 11.9. The first-order valence-electron chi connectivity index (χ1n) is 16.7. The van der Waals surface area contributed by atoms with Crippen molar-refractivity contribution in [2.24, 2.45) is 0 Å². The lowest BCUT2D eigenvalue weighted by molar-refractivity contribution is 1.17. The molecule has 0 aliphatic carbocycles. The molecule has 0 radical (unpaired) electrons. The van der Waals surface area contributed by atoms with Crippen molar-refractivity contribution in [2.45, 2.75) is 0 Å². The van der Waals surface area contributed by atoms with Crippen LogP contribution in [0.25, 0.3) is 77.2 Å². The van der Waals surface area contributed by atoms with Crippen LogP contribution in [0.4, 0.5) is 0 Å². The third-order valence-corrected chi connectivity index (χ3v) is 9.89. The molecule has 0 fully saturated rings. The standard InChI is InChI=1S/C46H24N6/c47-25-29-19-22-43-39(23-29)36-13-3-4-15-40(36)51(43)33-21-20-30(26-48)38(24-33)45-31(27-49)9-7-14-37(45)46-32(28-50)10-8-18-44(46)52-41-16-5-1-11-34(41)35-12-2-6-17-42(35)52/h1-24H. The molecule has 0 saturated carbocycles. The molecule has 2 heterocycles. The molecule has 52 heavy (non-hydrogen) atoms. The first-order valence-corrected chi connectivity index (χ1v) is 16.7. The molecule has 6 heteroatoms. The lowest BCUT2D eigenvalue weighted by atomic mass is 9.86. The van der Waals surface area contributed by atoms with Crippen molar-refractivity contribution in [1.82, 2.24) is 9.13 Å². The zero-order valence-electron chi connectivity index (χ0n) is 27.5. The molecular formula is C46H24N6. The Morgan fingerprint density at radius 3 is 1.56 bits per heavy atom. The Bertz CT molecular complexity index is 3080. The minimum absolute atomic E-state index is 0.382.